The van der Waals surface area contributed by atoms with E-state index in [1.807, 2.05) is 23.1 Å². The zero-order valence-corrected chi connectivity index (χ0v) is 7.37. The molecule has 1 aromatic heterocycles. The van der Waals surface area contributed by atoms with Crippen LogP contribution in [0, 0.1) is 0 Å². The Balaban J connectivity index is 0.000000720. The summed E-state index contributed by atoms with van der Waals surface area (Å²) >= 11 is 0. The average Bonchev–Trinajstić information content (AvgIpc) is 2.01. The third kappa shape index (κ3) is 1.68. The highest BCUT2D eigenvalue weighted by atomic mass is 35.5. The molecule has 0 unspecified atom stereocenters. The molecule has 4 heteroatoms. The molecule has 0 saturated carbocycles. The number of nitrogens with zero attached hydrogens (tertiary/aromatic N) is 2. The average molecular weight is 187 g/mol. The van der Waals surface area contributed by atoms with Gasteiger partial charge < -0.3 is 10.0 Å². The molecule has 2 heterocycles. The lowest BCUT2D eigenvalue weighted by Crippen LogP contribution is -2.51. The molecule has 12 heavy (non-hydrogen) atoms. The van der Waals surface area contributed by atoms with Gasteiger partial charge in [0.25, 0.3) is 0 Å². The smallest absolute Gasteiger partial charge is 0.128 e. The minimum atomic E-state index is -0.156. The standard InChI is InChI=1S/C8H10N2O.ClH/c11-7-5-10(6-7)8-3-1-2-4-9-8;/h1-4,7,11H,5-6H2;1H. The molecule has 0 aliphatic carbocycles. The van der Waals surface area contributed by atoms with Crippen molar-refractivity contribution in [2.45, 2.75) is 6.10 Å². The lowest BCUT2D eigenvalue weighted by atomic mass is 10.2. The highest BCUT2D eigenvalue weighted by Gasteiger charge is 2.24. The van der Waals surface area contributed by atoms with E-state index in [9.17, 15) is 0 Å². The van der Waals surface area contributed by atoms with Gasteiger partial charge in [0.05, 0.1) is 6.10 Å². The fraction of sp³-hybridized carbons (Fsp3) is 0.375. The minimum absolute atomic E-state index is 0. The predicted molar refractivity (Wildman–Crippen MR) is 49.7 cm³/mol. The van der Waals surface area contributed by atoms with Crippen molar-refractivity contribution in [2.75, 3.05) is 18.0 Å². The monoisotopic (exact) mass is 186 g/mol. The van der Waals surface area contributed by atoms with E-state index in [1.165, 1.54) is 0 Å². The predicted octanol–water partition coefficient (Wildman–Crippen LogP) is 0.684. The molecule has 0 spiro atoms. The third-order valence-corrected chi connectivity index (χ3v) is 1.84. The molecule has 0 bridgehead atoms. The van der Waals surface area contributed by atoms with Crippen molar-refractivity contribution in [1.29, 1.82) is 0 Å². The quantitative estimate of drug-likeness (QED) is 0.701. The fourth-order valence-corrected chi connectivity index (χ4v) is 1.18. The molecule has 1 aliphatic heterocycles. The molecule has 1 N–H and O–H groups in total. The molecular formula is C8H11ClN2O. The molecule has 1 aromatic rings. The molecule has 0 aromatic carbocycles. The second-order valence-corrected chi connectivity index (χ2v) is 2.75. The maximum absolute atomic E-state index is 9.01. The van der Waals surface area contributed by atoms with E-state index in [-0.39, 0.29) is 18.5 Å². The molecule has 0 amide bonds. The Morgan fingerprint density at radius 1 is 1.42 bits per heavy atom. The van der Waals surface area contributed by atoms with E-state index in [4.69, 9.17) is 5.11 Å². The third-order valence-electron chi connectivity index (χ3n) is 1.84. The van der Waals surface area contributed by atoms with Crippen molar-refractivity contribution in [3.05, 3.63) is 24.4 Å². The van der Waals surface area contributed by atoms with Gasteiger partial charge in [-0.25, -0.2) is 4.98 Å². The van der Waals surface area contributed by atoms with Crippen molar-refractivity contribution < 1.29 is 5.11 Å². The Bertz CT molecular complexity index is 236. The van der Waals surface area contributed by atoms with Crippen LogP contribution < -0.4 is 4.90 Å². The van der Waals surface area contributed by atoms with E-state index in [0.29, 0.717) is 0 Å². The van der Waals surface area contributed by atoms with Gasteiger partial charge in [0.1, 0.15) is 5.82 Å². The Kier molecular flexibility index (Phi) is 2.89. The Labute approximate surface area is 77.4 Å². The Hall–Kier alpha value is -0.800. The van der Waals surface area contributed by atoms with Gasteiger partial charge in [-0.15, -0.1) is 12.4 Å². The molecule has 3 nitrogen and oxygen atoms in total. The highest BCUT2D eigenvalue weighted by Crippen LogP contribution is 2.16. The maximum atomic E-state index is 9.01. The van der Waals surface area contributed by atoms with Gasteiger partial charge in [-0.1, -0.05) is 6.07 Å². The van der Waals surface area contributed by atoms with E-state index in [2.05, 4.69) is 4.98 Å². The first-order valence-electron chi connectivity index (χ1n) is 3.70. The summed E-state index contributed by atoms with van der Waals surface area (Å²) in [4.78, 5) is 6.20. The molecule has 2 rings (SSSR count). The largest absolute Gasteiger partial charge is 0.389 e. The number of aromatic nitrogens is 1. The summed E-state index contributed by atoms with van der Waals surface area (Å²) in [6, 6.07) is 5.79. The van der Waals surface area contributed by atoms with Crippen molar-refractivity contribution in [3.63, 3.8) is 0 Å². The van der Waals surface area contributed by atoms with Gasteiger partial charge >= 0.3 is 0 Å². The summed E-state index contributed by atoms with van der Waals surface area (Å²) in [5, 5.41) is 9.01. The summed E-state index contributed by atoms with van der Waals surface area (Å²) in [7, 11) is 0. The lowest BCUT2D eigenvalue weighted by molar-refractivity contribution is 0.141. The summed E-state index contributed by atoms with van der Waals surface area (Å²) in [6.45, 7) is 1.44. The summed E-state index contributed by atoms with van der Waals surface area (Å²) in [5.41, 5.74) is 0. The van der Waals surface area contributed by atoms with E-state index in [1.54, 1.807) is 6.20 Å². The van der Waals surface area contributed by atoms with Crippen molar-refractivity contribution in [3.8, 4) is 0 Å². The maximum Gasteiger partial charge on any atom is 0.128 e. The molecule has 1 aliphatic rings. The van der Waals surface area contributed by atoms with Crippen LogP contribution in [0.2, 0.25) is 0 Å². The number of hydrogen-bond acceptors (Lipinski definition) is 3. The van der Waals surface area contributed by atoms with Crippen LogP contribution in [0.3, 0.4) is 0 Å². The zero-order valence-electron chi connectivity index (χ0n) is 6.55. The molecule has 0 atom stereocenters. The van der Waals surface area contributed by atoms with Crippen LogP contribution in [-0.4, -0.2) is 29.3 Å². The number of anilines is 1. The van der Waals surface area contributed by atoms with E-state index >= 15 is 0 Å². The summed E-state index contributed by atoms with van der Waals surface area (Å²) in [5.74, 6) is 0.956. The topological polar surface area (TPSA) is 36.4 Å². The fourth-order valence-electron chi connectivity index (χ4n) is 1.18. The van der Waals surface area contributed by atoms with Gasteiger partial charge in [-0.05, 0) is 12.1 Å². The summed E-state index contributed by atoms with van der Waals surface area (Å²) < 4.78 is 0. The first kappa shape index (κ1) is 9.29. The van der Waals surface area contributed by atoms with Gasteiger partial charge in [0.2, 0.25) is 0 Å². The number of hydrogen-bond donors (Lipinski definition) is 1. The second kappa shape index (κ2) is 3.74. The Morgan fingerprint density at radius 3 is 2.67 bits per heavy atom. The minimum Gasteiger partial charge on any atom is -0.389 e. The normalized spacial score (nSPS) is 16.6. The van der Waals surface area contributed by atoms with Crippen LogP contribution in [0.4, 0.5) is 5.82 Å². The zero-order chi connectivity index (χ0) is 7.68. The van der Waals surface area contributed by atoms with Crippen molar-refractivity contribution >= 4 is 18.2 Å². The number of β-amino-alcohol motifs (C(OH)–C–C–N with tert-alkyl or cyclic N) is 1. The second-order valence-electron chi connectivity index (χ2n) is 2.75. The molecule has 0 radical (unpaired) electrons. The first-order chi connectivity index (χ1) is 5.36. The molecule has 1 fully saturated rings. The highest BCUT2D eigenvalue weighted by molar-refractivity contribution is 5.85. The first-order valence-corrected chi connectivity index (χ1v) is 3.70. The number of halogens is 1. The SMILES string of the molecule is Cl.OC1CN(c2ccccn2)C1. The van der Waals surface area contributed by atoms with Crippen LogP contribution >= 0.6 is 12.4 Å². The van der Waals surface area contributed by atoms with Crippen LogP contribution in [0.15, 0.2) is 24.4 Å². The van der Waals surface area contributed by atoms with Crippen LogP contribution in [0.5, 0.6) is 0 Å². The van der Waals surface area contributed by atoms with E-state index in [0.717, 1.165) is 18.9 Å². The van der Waals surface area contributed by atoms with Crippen molar-refractivity contribution in [2.24, 2.45) is 0 Å². The van der Waals surface area contributed by atoms with Gasteiger partial charge in [0, 0.05) is 19.3 Å². The number of aliphatic hydroxyl groups excluding tert-OH is 1. The molecule has 66 valence electrons. The van der Waals surface area contributed by atoms with Gasteiger partial charge in [-0.2, -0.15) is 0 Å². The number of pyridine rings is 1. The Morgan fingerprint density at radius 2 is 2.17 bits per heavy atom. The van der Waals surface area contributed by atoms with Crippen molar-refractivity contribution in [1.82, 2.24) is 4.98 Å². The molecule has 1 saturated heterocycles. The lowest BCUT2D eigenvalue weighted by Gasteiger charge is -2.36. The van der Waals surface area contributed by atoms with Crippen LogP contribution in [0.25, 0.3) is 0 Å². The van der Waals surface area contributed by atoms with Gasteiger partial charge in [-0.3, -0.25) is 0 Å². The van der Waals surface area contributed by atoms with Crippen LogP contribution in [-0.2, 0) is 0 Å². The van der Waals surface area contributed by atoms with E-state index < -0.39 is 0 Å². The van der Waals surface area contributed by atoms with Gasteiger partial charge in [0.15, 0.2) is 0 Å². The van der Waals surface area contributed by atoms with Crippen LogP contribution in [0.1, 0.15) is 0 Å². The molecular weight excluding hydrogens is 176 g/mol. The number of aliphatic hydroxyl groups is 1. The summed E-state index contributed by atoms with van der Waals surface area (Å²) in [6.07, 6.45) is 1.61. The number of rotatable bonds is 1.